The first kappa shape index (κ1) is 20.0. The lowest BCUT2D eigenvalue weighted by Gasteiger charge is -2.38. The van der Waals surface area contributed by atoms with Crippen LogP contribution in [0.15, 0.2) is 78.9 Å². The second-order valence-corrected chi connectivity index (χ2v) is 7.94. The van der Waals surface area contributed by atoms with Gasteiger partial charge in [0.2, 0.25) is 0 Å². The summed E-state index contributed by atoms with van der Waals surface area (Å²) in [6, 6.07) is 24.9. The zero-order valence-electron chi connectivity index (χ0n) is 16.2. The van der Waals surface area contributed by atoms with Crippen LogP contribution in [-0.4, -0.2) is 27.9 Å². The molecule has 0 amide bonds. The molecule has 0 aliphatic carbocycles. The molecule has 146 valence electrons. The Balaban J connectivity index is 2.36. The second kappa shape index (κ2) is 8.48. The smallest absolute Gasteiger partial charge is 0.144 e. The van der Waals surface area contributed by atoms with Crippen LogP contribution in [0.1, 0.15) is 23.6 Å². The molecule has 4 nitrogen and oxygen atoms in total. The molecule has 28 heavy (non-hydrogen) atoms. The zero-order valence-corrected chi connectivity index (χ0v) is 17.1. The minimum Gasteiger partial charge on any atom is -0.497 e. The summed E-state index contributed by atoms with van der Waals surface area (Å²) in [5.74, 6) is 1.44. The number of rotatable bonds is 7. The summed E-state index contributed by atoms with van der Waals surface area (Å²) in [7, 11) is 0.517. The maximum Gasteiger partial charge on any atom is 0.144 e. The topological polar surface area (TPSA) is 52.6 Å². The molecule has 1 atom stereocenters. The minimum atomic E-state index is -2.71. The summed E-state index contributed by atoms with van der Waals surface area (Å²) >= 11 is 0. The van der Waals surface area contributed by atoms with E-state index in [0.717, 1.165) is 28.2 Å². The third kappa shape index (κ3) is 3.50. The predicted octanol–water partition coefficient (Wildman–Crippen LogP) is 4.04. The summed E-state index contributed by atoms with van der Waals surface area (Å²) in [4.78, 5) is 0. The molecule has 0 aliphatic rings. The van der Waals surface area contributed by atoms with E-state index >= 15 is 0 Å². The van der Waals surface area contributed by atoms with E-state index in [1.807, 2.05) is 78.9 Å². The van der Waals surface area contributed by atoms with E-state index in [4.69, 9.17) is 9.47 Å². The maximum atomic E-state index is 12.3. The van der Waals surface area contributed by atoms with Crippen LogP contribution >= 0.6 is 0 Å². The first-order valence-corrected chi connectivity index (χ1v) is 10.3. The molecule has 3 rings (SSSR count). The van der Waals surface area contributed by atoms with Gasteiger partial charge in [-0.05, 0) is 47.9 Å². The number of thiol groups is 1. The van der Waals surface area contributed by atoms with Crippen LogP contribution in [0.5, 0.6) is 11.5 Å². The standard InChI is InChI=1S/C23H24O4S/c1-17(28(24)25)23(18-7-5-4-6-8-18,19-9-13-21(26-2)14-10-19)20-11-15-22(27-3)16-12-20/h4-17,28H,1-3H3. The Kier molecular flexibility index (Phi) is 6.05. The quantitative estimate of drug-likeness (QED) is 0.484. The lowest BCUT2D eigenvalue weighted by Crippen LogP contribution is -2.41. The lowest BCUT2D eigenvalue weighted by molar-refractivity contribution is 0.414. The van der Waals surface area contributed by atoms with E-state index in [2.05, 4.69) is 0 Å². The molecule has 0 radical (unpaired) electrons. The average molecular weight is 397 g/mol. The number of methoxy groups -OCH3 is 2. The monoisotopic (exact) mass is 396 g/mol. The molecule has 0 aromatic heterocycles. The molecule has 0 saturated heterocycles. The van der Waals surface area contributed by atoms with Crippen LogP contribution in [0.3, 0.4) is 0 Å². The highest BCUT2D eigenvalue weighted by molar-refractivity contribution is 7.73. The fraction of sp³-hybridized carbons (Fsp3) is 0.217. The van der Waals surface area contributed by atoms with Crippen molar-refractivity contribution in [3.8, 4) is 11.5 Å². The fourth-order valence-corrected chi connectivity index (χ4v) is 4.55. The van der Waals surface area contributed by atoms with Crippen molar-refractivity contribution in [2.24, 2.45) is 0 Å². The molecular weight excluding hydrogens is 372 g/mol. The molecule has 0 fully saturated rings. The summed E-state index contributed by atoms with van der Waals surface area (Å²) in [6.45, 7) is 1.76. The summed E-state index contributed by atoms with van der Waals surface area (Å²) in [5.41, 5.74) is 1.82. The van der Waals surface area contributed by atoms with Gasteiger partial charge in [-0.2, -0.15) is 0 Å². The van der Waals surface area contributed by atoms with E-state index in [1.54, 1.807) is 21.1 Å². The van der Waals surface area contributed by atoms with E-state index in [1.165, 1.54) is 0 Å². The molecule has 0 N–H and O–H groups in total. The van der Waals surface area contributed by atoms with Crippen LogP contribution in [0.4, 0.5) is 0 Å². The van der Waals surface area contributed by atoms with Crippen molar-refractivity contribution in [3.05, 3.63) is 95.6 Å². The van der Waals surface area contributed by atoms with Crippen molar-refractivity contribution in [3.63, 3.8) is 0 Å². The Bertz CT molecular complexity index is 922. The Morgan fingerprint density at radius 1 is 0.679 bits per heavy atom. The van der Waals surface area contributed by atoms with Crippen LogP contribution in [0.25, 0.3) is 0 Å². The van der Waals surface area contributed by atoms with E-state index in [-0.39, 0.29) is 0 Å². The highest BCUT2D eigenvalue weighted by Crippen LogP contribution is 2.44. The van der Waals surface area contributed by atoms with Crippen LogP contribution < -0.4 is 9.47 Å². The molecule has 0 bridgehead atoms. The van der Waals surface area contributed by atoms with E-state index in [9.17, 15) is 8.42 Å². The largest absolute Gasteiger partial charge is 0.497 e. The van der Waals surface area contributed by atoms with Gasteiger partial charge in [-0.25, -0.2) is 8.42 Å². The highest BCUT2D eigenvalue weighted by atomic mass is 32.2. The molecule has 0 aliphatic heterocycles. The van der Waals surface area contributed by atoms with Gasteiger partial charge in [0.05, 0.1) is 24.9 Å². The Morgan fingerprint density at radius 3 is 1.43 bits per heavy atom. The lowest BCUT2D eigenvalue weighted by atomic mass is 9.67. The van der Waals surface area contributed by atoms with Crippen LogP contribution in [-0.2, 0) is 16.1 Å². The Morgan fingerprint density at radius 2 is 1.07 bits per heavy atom. The van der Waals surface area contributed by atoms with Gasteiger partial charge in [0, 0.05) is 0 Å². The van der Waals surface area contributed by atoms with Crippen LogP contribution in [0.2, 0.25) is 0 Å². The number of ether oxygens (including phenoxy) is 2. The molecule has 0 saturated carbocycles. The molecule has 0 heterocycles. The molecule has 3 aromatic carbocycles. The van der Waals surface area contributed by atoms with Crippen molar-refractivity contribution in [1.82, 2.24) is 0 Å². The van der Waals surface area contributed by atoms with Crippen LogP contribution in [0, 0.1) is 0 Å². The van der Waals surface area contributed by atoms with Gasteiger partial charge in [0.25, 0.3) is 0 Å². The van der Waals surface area contributed by atoms with Crippen molar-refractivity contribution in [1.29, 1.82) is 0 Å². The van der Waals surface area contributed by atoms with Gasteiger partial charge in [-0.3, -0.25) is 0 Å². The van der Waals surface area contributed by atoms with Gasteiger partial charge in [0.15, 0.2) is 0 Å². The van der Waals surface area contributed by atoms with Crippen molar-refractivity contribution in [2.45, 2.75) is 17.6 Å². The average Bonchev–Trinajstić information content (AvgIpc) is 2.75. The van der Waals surface area contributed by atoms with Crippen molar-refractivity contribution in [2.75, 3.05) is 14.2 Å². The number of hydrogen-bond donors (Lipinski definition) is 1. The Labute approximate surface area is 167 Å². The van der Waals surface area contributed by atoms with Crippen molar-refractivity contribution >= 4 is 10.7 Å². The first-order valence-electron chi connectivity index (χ1n) is 9.02. The van der Waals surface area contributed by atoms with Gasteiger partial charge in [-0.1, -0.05) is 54.6 Å². The third-order valence-electron chi connectivity index (χ3n) is 5.26. The molecular formula is C23H24O4S. The first-order chi connectivity index (χ1) is 13.5. The van der Waals surface area contributed by atoms with E-state index < -0.39 is 21.4 Å². The molecule has 5 heteroatoms. The van der Waals surface area contributed by atoms with Gasteiger partial charge in [-0.15, -0.1) is 0 Å². The second-order valence-electron chi connectivity index (χ2n) is 6.59. The number of benzene rings is 3. The summed E-state index contributed by atoms with van der Waals surface area (Å²) in [5, 5.41) is -0.674. The zero-order chi connectivity index (χ0) is 20.1. The van der Waals surface area contributed by atoms with Gasteiger partial charge in [0.1, 0.15) is 22.2 Å². The minimum absolute atomic E-state index is 0.674. The summed E-state index contributed by atoms with van der Waals surface area (Å²) < 4.78 is 35.2. The van der Waals surface area contributed by atoms with Gasteiger partial charge < -0.3 is 9.47 Å². The Hall–Kier alpha value is -2.79. The SMILES string of the molecule is COc1ccc(C(c2ccccc2)(c2ccc(OC)cc2)C(C)[SH](=O)=O)cc1. The maximum absolute atomic E-state index is 12.3. The predicted molar refractivity (Wildman–Crippen MR) is 112 cm³/mol. The highest BCUT2D eigenvalue weighted by Gasteiger charge is 2.43. The molecule has 3 aromatic rings. The van der Waals surface area contributed by atoms with Crippen molar-refractivity contribution < 1.29 is 17.9 Å². The normalized spacial score (nSPS) is 12.6. The van der Waals surface area contributed by atoms with E-state index in [0.29, 0.717) is 0 Å². The number of hydrogen-bond acceptors (Lipinski definition) is 4. The third-order valence-corrected chi connectivity index (χ3v) is 6.28. The molecule has 0 spiro atoms. The summed E-state index contributed by atoms with van der Waals surface area (Å²) in [6.07, 6.45) is 0. The molecule has 1 unspecified atom stereocenters. The van der Waals surface area contributed by atoms with Gasteiger partial charge >= 0.3 is 0 Å². The fourth-order valence-electron chi connectivity index (χ4n) is 3.79.